The topological polar surface area (TPSA) is 76.1 Å². The summed E-state index contributed by atoms with van der Waals surface area (Å²) in [6, 6.07) is 0. The Morgan fingerprint density at radius 2 is 2.13 bits per heavy atom. The number of amides is 1. The van der Waals surface area contributed by atoms with E-state index in [2.05, 4.69) is 0 Å². The molecular formula is C14H20F3NO5. The fourth-order valence-electron chi connectivity index (χ4n) is 2.86. The average molecular weight is 339 g/mol. The zero-order valence-corrected chi connectivity index (χ0v) is 12.6. The first-order valence-corrected chi connectivity index (χ1v) is 7.53. The van der Waals surface area contributed by atoms with E-state index in [0.717, 1.165) is 17.7 Å². The predicted molar refractivity (Wildman–Crippen MR) is 71.7 cm³/mol. The smallest absolute Gasteiger partial charge is 0.406 e. The second-order valence-electron chi connectivity index (χ2n) is 5.91. The molecule has 6 nitrogen and oxygen atoms in total. The van der Waals surface area contributed by atoms with E-state index in [1.165, 1.54) is 0 Å². The van der Waals surface area contributed by atoms with Crippen molar-refractivity contribution >= 4 is 11.9 Å². The highest BCUT2D eigenvalue weighted by Crippen LogP contribution is 2.45. The molecule has 2 aliphatic rings. The largest absolute Gasteiger partial charge is 0.481 e. The summed E-state index contributed by atoms with van der Waals surface area (Å²) in [5, 5.41) is 8.94. The van der Waals surface area contributed by atoms with Crippen LogP contribution in [0.1, 0.15) is 25.7 Å². The number of carboxylic acid groups (broad SMARTS) is 1. The van der Waals surface area contributed by atoms with Crippen LogP contribution in [0.2, 0.25) is 0 Å². The molecule has 132 valence electrons. The van der Waals surface area contributed by atoms with Crippen LogP contribution in [-0.4, -0.2) is 67.1 Å². The fourth-order valence-corrected chi connectivity index (χ4v) is 2.86. The second kappa shape index (κ2) is 7.04. The lowest BCUT2D eigenvalue weighted by Crippen LogP contribution is -2.47. The maximum Gasteiger partial charge on any atom is 0.406 e. The van der Waals surface area contributed by atoms with Gasteiger partial charge in [0.05, 0.1) is 25.7 Å². The van der Waals surface area contributed by atoms with Gasteiger partial charge in [-0.15, -0.1) is 0 Å². The van der Waals surface area contributed by atoms with E-state index < -0.39 is 36.4 Å². The van der Waals surface area contributed by atoms with Crippen LogP contribution in [0.5, 0.6) is 0 Å². The van der Waals surface area contributed by atoms with E-state index in [-0.39, 0.29) is 25.7 Å². The van der Waals surface area contributed by atoms with Crippen molar-refractivity contribution in [3.8, 4) is 0 Å². The first-order valence-electron chi connectivity index (χ1n) is 7.53. The number of carbonyl (C=O) groups excluding carboxylic acids is 1. The van der Waals surface area contributed by atoms with Crippen LogP contribution in [0.3, 0.4) is 0 Å². The first-order chi connectivity index (χ1) is 10.8. The Kier molecular flexibility index (Phi) is 5.51. The highest BCUT2D eigenvalue weighted by molar-refractivity contribution is 5.81. The summed E-state index contributed by atoms with van der Waals surface area (Å²) in [5.41, 5.74) is -2.86. The number of aliphatic carboxylic acids is 1. The van der Waals surface area contributed by atoms with Gasteiger partial charge in [0.25, 0.3) is 0 Å². The van der Waals surface area contributed by atoms with Crippen LogP contribution < -0.4 is 0 Å². The SMILES string of the molecule is O=C(CCOCC1CCCO1)N1CCC(C(=O)O)(C(F)(F)F)C1. The number of rotatable bonds is 6. The van der Waals surface area contributed by atoms with Gasteiger partial charge in [0.1, 0.15) is 0 Å². The van der Waals surface area contributed by atoms with E-state index >= 15 is 0 Å². The maximum atomic E-state index is 13.0. The molecule has 2 aliphatic heterocycles. The van der Waals surface area contributed by atoms with Gasteiger partial charge in [0, 0.05) is 19.7 Å². The molecule has 0 aromatic rings. The van der Waals surface area contributed by atoms with Crippen LogP contribution in [-0.2, 0) is 19.1 Å². The summed E-state index contributed by atoms with van der Waals surface area (Å²) >= 11 is 0. The van der Waals surface area contributed by atoms with Gasteiger partial charge in [-0.05, 0) is 19.3 Å². The third kappa shape index (κ3) is 3.95. The minimum Gasteiger partial charge on any atom is -0.481 e. The number of ether oxygens (including phenoxy) is 2. The molecule has 2 unspecified atom stereocenters. The highest BCUT2D eigenvalue weighted by Gasteiger charge is 2.64. The standard InChI is InChI=1S/C14H20F3NO5/c15-14(16,17)13(12(20)21)4-5-18(9-13)11(19)3-7-22-8-10-2-1-6-23-10/h10H,1-9H2,(H,20,21). The zero-order chi connectivity index (χ0) is 17.1. The Labute approximate surface area is 131 Å². The zero-order valence-electron chi connectivity index (χ0n) is 12.6. The summed E-state index contributed by atoms with van der Waals surface area (Å²) in [4.78, 5) is 23.9. The number of hydrogen-bond donors (Lipinski definition) is 1. The molecule has 0 aromatic heterocycles. The molecular weight excluding hydrogens is 319 g/mol. The van der Waals surface area contributed by atoms with Crippen molar-refractivity contribution in [3.63, 3.8) is 0 Å². The number of nitrogens with zero attached hydrogens (tertiary/aromatic N) is 1. The Morgan fingerprint density at radius 1 is 1.39 bits per heavy atom. The molecule has 23 heavy (non-hydrogen) atoms. The van der Waals surface area contributed by atoms with Crippen molar-refractivity contribution in [1.82, 2.24) is 4.90 Å². The molecule has 2 fully saturated rings. The molecule has 9 heteroatoms. The van der Waals surface area contributed by atoms with Crippen LogP contribution in [0, 0.1) is 5.41 Å². The Balaban J connectivity index is 1.78. The van der Waals surface area contributed by atoms with Crippen LogP contribution in [0.25, 0.3) is 0 Å². The lowest BCUT2D eigenvalue weighted by Gasteiger charge is -2.27. The molecule has 2 heterocycles. The van der Waals surface area contributed by atoms with Gasteiger partial charge in [0.2, 0.25) is 5.91 Å². The molecule has 0 radical (unpaired) electrons. The number of likely N-dealkylation sites (tertiary alicyclic amines) is 1. The number of alkyl halides is 3. The molecule has 0 saturated carbocycles. The van der Waals surface area contributed by atoms with E-state index in [9.17, 15) is 22.8 Å². The first kappa shape index (κ1) is 18.0. The molecule has 0 bridgehead atoms. The molecule has 2 saturated heterocycles. The van der Waals surface area contributed by atoms with Gasteiger partial charge >= 0.3 is 12.1 Å². The van der Waals surface area contributed by atoms with Crippen molar-refractivity contribution in [2.24, 2.45) is 5.41 Å². The minimum absolute atomic E-state index is 0.0155. The number of halogens is 3. The van der Waals surface area contributed by atoms with Gasteiger partial charge in [-0.25, -0.2) is 0 Å². The quantitative estimate of drug-likeness (QED) is 0.741. The van der Waals surface area contributed by atoms with Gasteiger partial charge in [0.15, 0.2) is 5.41 Å². The molecule has 0 spiro atoms. The monoisotopic (exact) mass is 339 g/mol. The van der Waals surface area contributed by atoms with E-state index in [1.807, 2.05) is 0 Å². The van der Waals surface area contributed by atoms with Crippen molar-refractivity contribution < 1.29 is 37.3 Å². The lowest BCUT2D eigenvalue weighted by molar-refractivity contribution is -0.227. The highest BCUT2D eigenvalue weighted by atomic mass is 19.4. The molecule has 1 amide bonds. The van der Waals surface area contributed by atoms with Gasteiger partial charge in [-0.1, -0.05) is 0 Å². The second-order valence-corrected chi connectivity index (χ2v) is 5.91. The molecule has 2 rings (SSSR count). The maximum absolute atomic E-state index is 13.0. The number of hydrogen-bond acceptors (Lipinski definition) is 4. The van der Waals surface area contributed by atoms with Crippen molar-refractivity contribution in [2.75, 3.05) is 32.9 Å². The Bertz CT molecular complexity index is 450. The summed E-state index contributed by atoms with van der Waals surface area (Å²) in [5.74, 6) is -2.46. The van der Waals surface area contributed by atoms with E-state index in [1.54, 1.807) is 0 Å². The van der Waals surface area contributed by atoms with Crippen LogP contribution >= 0.6 is 0 Å². The normalized spacial score (nSPS) is 28.3. The third-order valence-corrected chi connectivity index (χ3v) is 4.36. The average Bonchev–Trinajstić information content (AvgIpc) is 3.12. The van der Waals surface area contributed by atoms with Crippen molar-refractivity contribution in [2.45, 2.75) is 38.0 Å². The number of carbonyl (C=O) groups is 2. The molecule has 1 N–H and O–H groups in total. The van der Waals surface area contributed by atoms with Gasteiger partial charge in [-0.3, -0.25) is 9.59 Å². The number of carboxylic acids is 1. The van der Waals surface area contributed by atoms with Crippen molar-refractivity contribution in [3.05, 3.63) is 0 Å². The summed E-state index contributed by atoms with van der Waals surface area (Å²) in [6.45, 7) is 0.0818. The van der Waals surface area contributed by atoms with Crippen LogP contribution in [0.15, 0.2) is 0 Å². The Morgan fingerprint density at radius 3 is 2.65 bits per heavy atom. The predicted octanol–water partition coefficient (Wildman–Crippen LogP) is 1.44. The van der Waals surface area contributed by atoms with Crippen molar-refractivity contribution in [1.29, 1.82) is 0 Å². The van der Waals surface area contributed by atoms with E-state index in [4.69, 9.17) is 14.6 Å². The van der Waals surface area contributed by atoms with Gasteiger partial charge < -0.3 is 19.5 Å². The fraction of sp³-hybridized carbons (Fsp3) is 0.857. The summed E-state index contributed by atoms with van der Waals surface area (Å²) < 4.78 is 49.7. The molecule has 0 aromatic carbocycles. The molecule has 0 aliphatic carbocycles. The summed E-state index contributed by atoms with van der Waals surface area (Å²) in [7, 11) is 0. The minimum atomic E-state index is -4.88. The lowest BCUT2D eigenvalue weighted by atomic mass is 9.86. The van der Waals surface area contributed by atoms with E-state index in [0.29, 0.717) is 13.2 Å². The third-order valence-electron chi connectivity index (χ3n) is 4.36. The van der Waals surface area contributed by atoms with Gasteiger partial charge in [-0.2, -0.15) is 13.2 Å². The van der Waals surface area contributed by atoms with Crippen LogP contribution in [0.4, 0.5) is 13.2 Å². The molecule has 2 atom stereocenters. The Hall–Kier alpha value is -1.35. The summed E-state index contributed by atoms with van der Waals surface area (Å²) in [6.07, 6.45) is -3.69.